The fraction of sp³-hybridized carbons (Fsp3) is 0.379. The van der Waals surface area contributed by atoms with Crippen molar-refractivity contribution < 1.29 is 14.7 Å². The van der Waals surface area contributed by atoms with Crippen LogP contribution in [-0.4, -0.2) is 16.7 Å². The van der Waals surface area contributed by atoms with Gasteiger partial charge in [0.15, 0.2) is 11.6 Å². The van der Waals surface area contributed by atoms with Crippen LogP contribution in [0.1, 0.15) is 64.9 Å². The number of benzene rings is 2. The Morgan fingerprint density at radius 1 is 0.771 bits per heavy atom. The number of allylic oxidation sites excluding steroid dienone is 4. The Bertz CT molecular complexity index is 1260. The number of phenolic OH excluding ortho intramolecular Hbond substituents is 1. The number of dihydropyridines is 1. The molecule has 1 aliphatic heterocycles. The van der Waals surface area contributed by atoms with Crippen molar-refractivity contribution in [3.8, 4) is 5.75 Å². The lowest BCUT2D eigenvalue weighted by molar-refractivity contribution is -0.119. The number of carbonyl (C=O) groups is 2. The number of nitrogens with zero attached hydrogens (tertiary/aromatic N) is 2. The molecule has 35 heavy (non-hydrogen) atoms. The van der Waals surface area contributed by atoms with Gasteiger partial charge >= 0.3 is 0 Å². The summed E-state index contributed by atoms with van der Waals surface area (Å²) in [5, 5.41) is 23.1. The number of ketones is 2. The maximum atomic E-state index is 13.5. The summed E-state index contributed by atoms with van der Waals surface area (Å²) in [5.41, 5.74) is 4.39. The van der Waals surface area contributed by atoms with Crippen molar-refractivity contribution in [3.63, 3.8) is 0 Å². The monoisotopic (exact) mass is 469 g/mol. The predicted octanol–water partition coefficient (Wildman–Crippen LogP) is 6.78. The Hall–Kier alpha value is -3.54. The molecule has 6 nitrogen and oxygen atoms in total. The number of azo groups is 1. The second-order valence-corrected chi connectivity index (χ2v) is 11.5. The summed E-state index contributed by atoms with van der Waals surface area (Å²) in [7, 11) is 0. The summed E-state index contributed by atoms with van der Waals surface area (Å²) in [6.45, 7) is 8.36. The Balaban J connectivity index is 1.65. The van der Waals surface area contributed by atoms with E-state index in [4.69, 9.17) is 0 Å². The summed E-state index contributed by atoms with van der Waals surface area (Å²) < 4.78 is 0. The van der Waals surface area contributed by atoms with Crippen molar-refractivity contribution in [1.29, 1.82) is 0 Å². The quantitative estimate of drug-likeness (QED) is 0.485. The summed E-state index contributed by atoms with van der Waals surface area (Å²) in [4.78, 5) is 27.0. The van der Waals surface area contributed by atoms with Gasteiger partial charge in [-0.3, -0.25) is 9.59 Å². The summed E-state index contributed by atoms with van der Waals surface area (Å²) >= 11 is 0. The minimum Gasteiger partial charge on any atom is -0.508 e. The van der Waals surface area contributed by atoms with Crippen molar-refractivity contribution in [2.45, 2.75) is 59.3 Å². The third-order valence-electron chi connectivity index (χ3n) is 7.08. The zero-order chi connectivity index (χ0) is 25.0. The molecular weight excluding hydrogens is 438 g/mol. The molecule has 5 rings (SSSR count). The average molecular weight is 470 g/mol. The Kier molecular flexibility index (Phi) is 5.50. The van der Waals surface area contributed by atoms with E-state index in [0.717, 1.165) is 11.4 Å². The zero-order valence-electron chi connectivity index (χ0n) is 20.7. The zero-order valence-corrected chi connectivity index (χ0v) is 20.7. The second-order valence-electron chi connectivity index (χ2n) is 11.5. The van der Waals surface area contributed by atoms with E-state index in [1.165, 1.54) is 0 Å². The number of phenols is 1. The van der Waals surface area contributed by atoms with Crippen molar-refractivity contribution in [2.24, 2.45) is 21.1 Å². The molecular formula is C29H31N3O3. The van der Waals surface area contributed by atoms with Gasteiger partial charge in [0.25, 0.3) is 0 Å². The molecule has 1 heterocycles. The average Bonchev–Trinajstić information content (AvgIpc) is 2.76. The fourth-order valence-electron chi connectivity index (χ4n) is 5.65. The van der Waals surface area contributed by atoms with Gasteiger partial charge in [0.1, 0.15) is 5.75 Å². The second kappa shape index (κ2) is 8.29. The van der Waals surface area contributed by atoms with Crippen LogP contribution in [0.15, 0.2) is 81.3 Å². The molecule has 180 valence electrons. The van der Waals surface area contributed by atoms with Gasteiger partial charge in [0.05, 0.1) is 11.4 Å². The third kappa shape index (κ3) is 4.45. The summed E-state index contributed by atoms with van der Waals surface area (Å²) in [6.07, 6.45) is 2.23. The van der Waals surface area contributed by atoms with Gasteiger partial charge in [-0.25, -0.2) is 0 Å². The predicted molar refractivity (Wildman–Crippen MR) is 135 cm³/mol. The lowest BCUT2D eigenvalue weighted by Gasteiger charge is -2.44. The van der Waals surface area contributed by atoms with Crippen molar-refractivity contribution in [1.82, 2.24) is 5.32 Å². The lowest BCUT2D eigenvalue weighted by atomic mass is 9.64. The molecule has 0 fully saturated rings. The van der Waals surface area contributed by atoms with Crippen LogP contribution < -0.4 is 5.32 Å². The van der Waals surface area contributed by atoms with Crippen LogP contribution in [-0.2, 0) is 9.59 Å². The topological polar surface area (TPSA) is 91.1 Å². The number of carbonyl (C=O) groups excluding carboxylic acids is 2. The molecule has 0 atom stereocenters. The number of rotatable bonds is 3. The molecule has 0 spiro atoms. The number of hydrogen-bond donors (Lipinski definition) is 2. The van der Waals surface area contributed by atoms with Crippen LogP contribution in [0.5, 0.6) is 5.75 Å². The molecule has 0 bridgehead atoms. The molecule has 6 heteroatoms. The largest absolute Gasteiger partial charge is 0.508 e. The first-order valence-corrected chi connectivity index (χ1v) is 12.1. The van der Waals surface area contributed by atoms with Crippen molar-refractivity contribution in [3.05, 3.63) is 76.6 Å². The van der Waals surface area contributed by atoms with Crippen LogP contribution >= 0.6 is 0 Å². The SMILES string of the molecule is CC1(C)CC(=O)C2=C(C1)NC1=C(C(=O)CC(C)(C)C1)C2c1cc(N=Nc2ccccc2)ccc1O. The third-order valence-corrected chi connectivity index (χ3v) is 7.08. The molecule has 2 aromatic rings. The van der Waals surface area contributed by atoms with Crippen molar-refractivity contribution in [2.75, 3.05) is 0 Å². The highest BCUT2D eigenvalue weighted by molar-refractivity contribution is 6.07. The molecule has 0 saturated heterocycles. The molecule has 0 amide bonds. The Morgan fingerprint density at radius 2 is 1.31 bits per heavy atom. The maximum absolute atomic E-state index is 13.5. The fourth-order valence-corrected chi connectivity index (χ4v) is 5.65. The minimum absolute atomic E-state index is 0.0219. The molecule has 0 radical (unpaired) electrons. The molecule has 0 unspecified atom stereocenters. The number of hydrogen-bond acceptors (Lipinski definition) is 6. The molecule has 0 saturated carbocycles. The van der Waals surface area contributed by atoms with Gasteiger partial charge in [-0.1, -0.05) is 45.9 Å². The highest BCUT2D eigenvalue weighted by Gasteiger charge is 2.47. The first-order chi connectivity index (χ1) is 16.5. The maximum Gasteiger partial charge on any atom is 0.162 e. The van der Waals surface area contributed by atoms with Gasteiger partial charge in [-0.2, -0.15) is 10.2 Å². The van der Waals surface area contributed by atoms with E-state index in [1.807, 2.05) is 30.3 Å². The van der Waals surface area contributed by atoms with E-state index >= 15 is 0 Å². The highest BCUT2D eigenvalue weighted by atomic mass is 16.3. The van der Waals surface area contributed by atoms with E-state index in [1.54, 1.807) is 18.2 Å². The first kappa shape index (κ1) is 23.2. The molecule has 0 aromatic heterocycles. The van der Waals surface area contributed by atoms with Gasteiger partial charge in [-0.15, -0.1) is 0 Å². The van der Waals surface area contributed by atoms with Crippen LogP contribution in [0.3, 0.4) is 0 Å². The number of Topliss-reactive ketones (excluding diaryl/α,β-unsaturated/α-hetero) is 2. The van der Waals surface area contributed by atoms with E-state index in [0.29, 0.717) is 53.8 Å². The van der Waals surface area contributed by atoms with Crippen LogP contribution in [0.2, 0.25) is 0 Å². The summed E-state index contributed by atoms with van der Waals surface area (Å²) in [5.74, 6) is -0.521. The minimum atomic E-state index is -0.611. The lowest BCUT2D eigenvalue weighted by Crippen LogP contribution is -2.42. The molecule has 3 aliphatic rings. The van der Waals surface area contributed by atoms with Gasteiger partial charge < -0.3 is 10.4 Å². The summed E-state index contributed by atoms with van der Waals surface area (Å²) in [6, 6.07) is 14.4. The molecule has 2 aromatic carbocycles. The van der Waals surface area contributed by atoms with Crippen LogP contribution in [0.4, 0.5) is 11.4 Å². The van der Waals surface area contributed by atoms with Crippen LogP contribution in [0.25, 0.3) is 0 Å². The smallest absolute Gasteiger partial charge is 0.162 e. The molecule has 2 N–H and O–H groups in total. The van der Waals surface area contributed by atoms with Crippen LogP contribution in [0, 0.1) is 10.8 Å². The number of aromatic hydroxyl groups is 1. The standard InChI is InChI=1S/C29H31N3O3/c1-28(2)13-20-26(23(34)15-28)25(27-21(30-20)14-29(3,4)16-24(27)35)19-12-18(10-11-22(19)33)32-31-17-8-6-5-7-9-17/h5-12,25,30,33H,13-16H2,1-4H3. The normalized spacial score (nSPS) is 21.7. The van der Waals surface area contributed by atoms with E-state index in [2.05, 4.69) is 43.2 Å². The van der Waals surface area contributed by atoms with E-state index in [-0.39, 0.29) is 28.1 Å². The van der Waals surface area contributed by atoms with Crippen molar-refractivity contribution >= 4 is 22.9 Å². The molecule has 2 aliphatic carbocycles. The van der Waals surface area contributed by atoms with Gasteiger partial charge in [0.2, 0.25) is 0 Å². The van der Waals surface area contributed by atoms with Gasteiger partial charge in [-0.05, 0) is 54.0 Å². The highest BCUT2D eigenvalue weighted by Crippen LogP contribution is 2.52. The van der Waals surface area contributed by atoms with Gasteiger partial charge in [0, 0.05) is 46.9 Å². The first-order valence-electron chi connectivity index (χ1n) is 12.1. The van der Waals surface area contributed by atoms with E-state index in [9.17, 15) is 14.7 Å². The Morgan fingerprint density at radius 3 is 1.89 bits per heavy atom. The van der Waals surface area contributed by atoms with E-state index < -0.39 is 5.92 Å². The Labute approximate surface area is 205 Å². The number of nitrogens with one attached hydrogen (secondary N) is 1.